The molecule has 0 bridgehead atoms. The number of hydrogen-bond acceptors (Lipinski definition) is 6. The van der Waals surface area contributed by atoms with Crippen molar-refractivity contribution in [2.45, 2.75) is 43.9 Å². The summed E-state index contributed by atoms with van der Waals surface area (Å²) in [7, 11) is -4.75. The molecule has 0 spiro atoms. The molecule has 1 aromatic rings. The molecule has 0 radical (unpaired) electrons. The summed E-state index contributed by atoms with van der Waals surface area (Å²) in [6.07, 6.45) is 1.32. The summed E-state index contributed by atoms with van der Waals surface area (Å²) < 4.78 is 34.5. The third-order valence-electron chi connectivity index (χ3n) is 3.76. The quantitative estimate of drug-likeness (QED) is 0.718. The lowest BCUT2D eigenvalue weighted by molar-refractivity contribution is 0.00578. The molecule has 1 aromatic heterocycles. The van der Waals surface area contributed by atoms with Gasteiger partial charge in [0, 0.05) is 11.7 Å². The molecular weight excluding hydrogens is 281 g/mol. The Morgan fingerprint density at radius 2 is 1.70 bits per heavy atom. The number of rotatable bonds is 2. The molecule has 0 saturated carbocycles. The minimum absolute atomic E-state index is 0.0477. The van der Waals surface area contributed by atoms with Gasteiger partial charge in [-0.1, -0.05) is 0 Å². The van der Waals surface area contributed by atoms with Gasteiger partial charge in [-0.3, -0.25) is 0 Å². The smallest absolute Gasteiger partial charge is 0.399 e. The van der Waals surface area contributed by atoms with Gasteiger partial charge in [-0.05, 0) is 33.8 Å². The fraction of sp³-hybridized carbons (Fsp3) is 0.545. The fourth-order valence-corrected chi connectivity index (χ4v) is 2.50. The molecule has 0 aromatic carbocycles. The Labute approximate surface area is 118 Å². The van der Waals surface area contributed by atoms with Gasteiger partial charge in [0.25, 0.3) is 10.0 Å². The molecule has 0 unspecified atom stereocenters. The number of hydrogen-bond donors (Lipinski definition) is 2. The van der Waals surface area contributed by atoms with Crippen molar-refractivity contribution in [2.75, 3.05) is 5.73 Å². The highest BCUT2D eigenvalue weighted by molar-refractivity contribution is 7.89. The first-order valence-corrected chi connectivity index (χ1v) is 7.63. The van der Waals surface area contributed by atoms with E-state index in [-0.39, 0.29) is 10.7 Å². The van der Waals surface area contributed by atoms with Gasteiger partial charge in [0.15, 0.2) is 5.03 Å². The zero-order valence-corrected chi connectivity index (χ0v) is 12.7. The second-order valence-electron chi connectivity index (χ2n) is 5.75. The van der Waals surface area contributed by atoms with Crippen LogP contribution in [0.15, 0.2) is 17.3 Å². The van der Waals surface area contributed by atoms with Crippen molar-refractivity contribution in [3.63, 3.8) is 0 Å². The second kappa shape index (κ2) is 4.42. The van der Waals surface area contributed by atoms with Gasteiger partial charge in [0.1, 0.15) is 0 Å². The predicted molar refractivity (Wildman–Crippen MR) is 75.7 cm³/mol. The minimum atomic E-state index is -3.99. The van der Waals surface area contributed by atoms with E-state index < -0.39 is 28.3 Å². The van der Waals surface area contributed by atoms with E-state index in [2.05, 4.69) is 4.98 Å². The van der Waals surface area contributed by atoms with E-state index in [0.717, 1.165) is 0 Å². The van der Waals surface area contributed by atoms with E-state index >= 15 is 0 Å². The third-order valence-corrected chi connectivity index (χ3v) is 4.63. The van der Waals surface area contributed by atoms with Crippen LogP contribution in [0, 0.1) is 0 Å². The minimum Gasteiger partial charge on any atom is -0.399 e. The van der Waals surface area contributed by atoms with Gasteiger partial charge in [-0.2, -0.15) is 0 Å². The lowest BCUT2D eigenvalue weighted by Gasteiger charge is -2.32. The zero-order chi connectivity index (χ0) is 15.3. The summed E-state index contributed by atoms with van der Waals surface area (Å²) in [6, 6.07) is 1.56. The normalized spacial score (nSPS) is 21.1. The summed E-state index contributed by atoms with van der Waals surface area (Å²) in [4.78, 5) is 3.71. The summed E-state index contributed by atoms with van der Waals surface area (Å²) in [6.45, 7) is 7.58. The Balaban J connectivity index is 2.47. The van der Waals surface area contributed by atoms with Gasteiger partial charge in [-0.15, -0.1) is 0 Å². The van der Waals surface area contributed by atoms with Crippen LogP contribution in [-0.2, 0) is 19.3 Å². The topological polar surface area (TPSA) is 118 Å². The summed E-state index contributed by atoms with van der Waals surface area (Å²) in [5.74, 6) is 0. The van der Waals surface area contributed by atoms with Gasteiger partial charge in [-0.25, -0.2) is 18.5 Å². The molecule has 2 heterocycles. The number of pyridine rings is 1. The molecule has 2 rings (SSSR count). The van der Waals surface area contributed by atoms with Crippen LogP contribution < -0.4 is 16.3 Å². The van der Waals surface area contributed by atoms with Crippen LogP contribution in [-0.4, -0.2) is 31.7 Å². The molecule has 1 aliphatic rings. The Kier molecular flexibility index (Phi) is 3.37. The van der Waals surface area contributed by atoms with Gasteiger partial charge >= 0.3 is 7.12 Å². The molecule has 20 heavy (non-hydrogen) atoms. The summed E-state index contributed by atoms with van der Waals surface area (Å²) in [5.41, 5.74) is 5.11. The van der Waals surface area contributed by atoms with E-state index in [1.54, 1.807) is 6.07 Å². The number of primary sulfonamides is 1. The van der Waals surface area contributed by atoms with Crippen molar-refractivity contribution in [2.24, 2.45) is 5.14 Å². The van der Waals surface area contributed by atoms with Crippen LogP contribution in [0.5, 0.6) is 0 Å². The number of aromatic nitrogens is 1. The highest BCUT2D eigenvalue weighted by Gasteiger charge is 2.52. The molecule has 9 heteroatoms. The third kappa shape index (κ3) is 2.42. The predicted octanol–water partition coefficient (Wildman–Crippen LogP) is -0.390. The van der Waals surface area contributed by atoms with Crippen molar-refractivity contribution >= 4 is 28.3 Å². The van der Waals surface area contributed by atoms with Crippen molar-refractivity contribution < 1.29 is 17.7 Å². The van der Waals surface area contributed by atoms with Gasteiger partial charge < -0.3 is 15.0 Å². The number of nitrogen functional groups attached to an aromatic ring is 1. The fourth-order valence-electron chi connectivity index (χ4n) is 1.87. The van der Waals surface area contributed by atoms with Crippen molar-refractivity contribution in [1.29, 1.82) is 0 Å². The SMILES string of the molecule is CC1(C)OB(c2ccnc(S(N)(=O)=O)c2N)OC1(C)C. The van der Waals surface area contributed by atoms with Crippen LogP contribution in [0.2, 0.25) is 0 Å². The molecule has 0 aliphatic carbocycles. The van der Waals surface area contributed by atoms with E-state index in [9.17, 15) is 8.42 Å². The van der Waals surface area contributed by atoms with Crippen molar-refractivity contribution in [1.82, 2.24) is 4.98 Å². The number of nitrogens with two attached hydrogens (primary N) is 2. The lowest BCUT2D eigenvalue weighted by Crippen LogP contribution is -2.41. The largest absolute Gasteiger partial charge is 0.497 e. The van der Waals surface area contributed by atoms with Crippen LogP contribution in [0.25, 0.3) is 0 Å². The average molecular weight is 299 g/mol. The Hall–Kier alpha value is -1.16. The highest BCUT2D eigenvalue weighted by atomic mass is 32.2. The van der Waals surface area contributed by atoms with Crippen LogP contribution in [0.3, 0.4) is 0 Å². The maximum atomic E-state index is 11.4. The van der Waals surface area contributed by atoms with Gasteiger partial charge in [0.2, 0.25) is 0 Å². The lowest BCUT2D eigenvalue weighted by atomic mass is 9.78. The van der Waals surface area contributed by atoms with Crippen LogP contribution >= 0.6 is 0 Å². The van der Waals surface area contributed by atoms with E-state index in [1.165, 1.54) is 6.20 Å². The van der Waals surface area contributed by atoms with Crippen LogP contribution in [0.4, 0.5) is 5.69 Å². The standard InChI is InChI=1S/C11H18BN3O4S/c1-10(2)11(3,4)19-12(18-10)7-5-6-15-9(8(7)13)20(14,16)17/h5-6H,13H2,1-4H3,(H2,14,16,17). The molecule has 1 saturated heterocycles. The molecule has 7 nitrogen and oxygen atoms in total. The van der Waals surface area contributed by atoms with Crippen molar-refractivity contribution in [3.05, 3.63) is 12.3 Å². The first-order chi connectivity index (χ1) is 8.96. The Morgan fingerprint density at radius 3 is 2.15 bits per heavy atom. The second-order valence-corrected chi connectivity index (χ2v) is 7.23. The average Bonchev–Trinajstić information content (AvgIpc) is 2.46. The van der Waals surface area contributed by atoms with Gasteiger partial charge in [0.05, 0.1) is 16.9 Å². The molecule has 0 amide bonds. The number of anilines is 1. The molecule has 4 N–H and O–H groups in total. The van der Waals surface area contributed by atoms with E-state index in [4.69, 9.17) is 20.2 Å². The molecule has 110 valence electrons. The monoisotopic (exact) mass is 299 g/mol. The first kappa shape index (κ1) is 15.2. The Morgan fingerprint density at radius 1 is 1.20 bits per heavy atom. The molecule has 0 atom stereocenters. The maximum absolute atomic E-state index is 11.4. The van der Waals surface area contributed by atoms with E-state index in [1.807, 2.05) is 27.7 Å². The number of nitrogens with zero attached hydrogens (tertiary/aromatic N) is 1. The summed E-state index contributed by atoms with van der Waals surface area (Å²) in [5, 5.41) is 4.71. The first-order valence-electron chi connectivity index (χ1n) is 6.08. The van der Waals surface area contributed by atoms with Crippen molar-refractivity contribution in [3.8, 4) is 0 Å². The van der Waals surface area contributed by atoms with E-state index in [0.29, 0.717) is 5.46 Å². The maximum Gasteiger partial charge on any atom is 0.497 e. The molecule has 1 fully saturated rings. The molecular formula is C11H18BN3O4S. The molecule has 1 aliphatic heterocycles. The Bertz CT molecular complexity index is 629. The zero-order valence-electron chi connectivity index (χ0n) is 11.9. The highest BCUT2D eigenvalue weighted by Crippen LogP contribution is 2.37. The number of sulfonamides is 1. The summed E-state index contributed by atoms with van der Waals surface area (Å²) >= 11 is 0. The van der Waals surface area contributed by atoms with Crippen LogP contribution in [0.1, 0.15) is 27.7 Å².